The van der Waals surface area contributed by atoms with Crippen molar-refractivity contribution in [2.24, 2.45) is 0 Å². The fourth-order valence-electron chi connectivity index (χ4n) is 2.30. The zero-order valence-corrected chi connectivity index (χ0v) is 14.2. The first kappa shape index (κ1) is 16.1. The molecule has 21 heavy (non-hydrogen) atoms. The van der Waals surface area contributed by atoms with Crippen molar-refractivity contribution in [2.75, 3.05) is 7.11 Å². The van der Waals surface area contributed by atoms with Crippen molar-refractivity contribution in [1.29, 1.82) is 0 Å². The molecule has 2 aromatic carbocycles. The van der Waals surface area contributed by atoms with Gasteiger partial charge in [-0.15, -0.1) is 0 Å². The Labute approximate surface area is 135 Å². The Morgan fingerprint density at radius 2 is 1.90 bits per heavy atom. The minimum Gasteiger partial charge on any atom is -0.496 e. The van der Waals surface area contributed by atoms with Crippen molar-refractivity contribution < 1.29 is 4.74 Å². The molecule has 0 bridgehead atoms. The zero-order chi connectivity index (χ0) is 15.1. The zero-order valence-electron chi connectivity index (χ0n) is 12.6. The van der Waals surface area contributed by atoms with Gasteiger partial charge in [-0.05, 0) is 43.5 Å². The topological polar surface area (TPSA) is 21.3 Å². The third-order valence-electron chi connectivity index (χ3n) is 3.59. The second-order valence-corrected chi connectivity index (χ2v) is 6.18. The highest BCUT2D eigenvalue weighted by Crippen LogP contribution is 2.23. The summed E-state index contributed by atoms with van der Waals surface area (Å²) in [7, 11) is 1.71. The van der Waals surface area contributed by atoms with Gasteiger partial charge in [-0.1, -0.05) is 46.3 Å². The molecule has 0 saturated heterocycles. The minimum absolute atomic E-state index is 0.467. The van der Waals surface area contributed by atoms with Crippen molar-refractivity contribution in [3.63, 3.8) is 0 Å². The highest BCUT2D eigenvalue weighted by molar-refractivity contribution is 9.10. The maximum absolute atomic E-state index is 5.40. The first-order valence-corrected chi connectivity index (χ1v) is 8.08. The summed E-state index contributed by atoms with van der Waals surface area (Å²) in [6.45, 7) is 3.05. The van der Waals surface area contributed by atoms with Gasteiger partial charge in [-0.3, -0.25) is 0 Å². The molecule has 0 aromatic heterocycles. The summed E-state index contributed by atoms with van der Waals surface area (Å²) in [6.07, 6.45) is 2.23. The third kappa shape index (κ3) is 5.18. The third-order valence-corrected chi connectivity index (χ3v) is 4.09. The van der Waals surface area contributed by atoms with E-state index < -0.39 is 0 Å². The molecule has 0 amide bonds. The van der Waals surface area contributed by atoms with Crippen molar-refractivity contribution in [2.45, 2.75) is 32.4 Å². The van der Waals surface area contributed by atoms with E-state index >= 15 is 0 Å². The van der Waals surface area contributed by atoms with Gasteiger partial charge in [-0.25, -0.2) is 0 Å². The molecule has 0 aliphatic carbocycles. The number of benzene rings is 2. The van der Waals surface area contributed by atoms with Crippen LogP contribution in [0.15, 0.2) is 53.0 Å². The van der Waals surface area contributed by atoms with E-state index in [0.29, 0.717) is 6.04 Å². The van der Waals surface area contributed by atoms with E-state index in [2.05, 4.69) is 64.6 Å². The van der Waals surface area contributed by atoms with Crippen molar-refractivity contribution >= 4 is 15.9 Å². The average Bonchev–Trinajstić information content (AvgIpc) is 2.52. The minimum atomic E-state index is 0.467. The van der Waals surface area contributed by atoms with Crippen LogP contribution < -0.4 is 10.1 Å². The van der Waals surface area contributed by atoms with Crippen LogP contribution in [0.25, 0.3) is 0 Å². The van der Waals surface area contributed by atoms with Gasteiger partial charge in [0, 0.05) is 22.6 Å². The molecule has 0 fully saturated rings. The summed E-state index contributed by atoms with van der Waals surface area (Å²) < 4.78 is 6.48. The summed E-state index contributed by atoms with van der Waals surface area (Å²) in [4.78, 5) is 0. The monoisotopic (exact) mass is 347 g/mol. The lowest BCUT2D eigenvalue weighted by Gasteiger charge is -2.15. The van der Waals surface area contributed by atoms with Crippen LogP contribution in [0.4, 0.5) is 0 Å². The van der Waals surface area contributed by atoms with Gasteiger partial charge in [0.25, 0.3) is 0 Å². The van der Waals surface area contributed by atoms with Crippen LogP contribution in [0.5, 0.6) is 5.75 Å². The molecule has 0 heterocycles. The fraction of sp³-hybridized carbons (Fsp3) is 0.333. The van der Waals surface area contributed by atoms with Crippen LogP contribution in [-0.4, -0.2) is 13.2 Å². The lowest BCUT2D eigenvalue weighted by atomic mass is 10.1. The Bertz CT molecular complexity index is 556. The Morgan fingerprint density at radius 1 is 1.14 bits per heavy atom. The molecule has 2 rings (SSSR count). The van der Waals surface area contributed by atoms with E-state index in [1.54, 1.807) is 7.11 Å². The summed E-state index contributed by atoms with van der Waals surface area (Å²) in [5.41, 5.74) is 2.57. The lowest BCUT2D eigenvalue weighted by molar-refractivity contribution is 0.404. The van der Waals surface area contributed by atoms with E-state index in [-0.39, 0.29) is 0 Å². The predicted octanol–water partition coefficient (Wildman–Crippen LogP) is 4.57. The van der Waals surface area contributed by atoms with Gasteiger partial charge in [-0.2, -0.15) is 0 Å². The predicted molar refractivity (Wildman–Crippen MR) is 91.8 cm³/mol. The molecule has 0 unspecified atom stereocenters. The number of methoxy groups -OCH3 is 1. The summed E-state index contributed by atoms with van der Waals surface area (Å²) in [5.74, 6) is 0.931. The van der Waals surface area contributed by atoms with Crippen molar-refractivity contribution in [3.8, 4) is 5.75 Å². The van der Waals surface area contributed by atoms with E-state index in [1.807, 2.05) is 12.1 Å². The lowest BCUT2D eigenvalue weighted by Crippen LogP contribution is -2.26. The highest BCUT2D eigenvalue weighted by atomic mass is 79.9. The fourth-order valence-corrected chi connectivity index (χ4v) is 2.71. The molecule has 0 aliphatic heterocycles. The van der Waals surface area contributed by atoms with E-state index in [0.717, 1.165) is 29.6 Å². The SMILES string of the molecule is COc1ccc(Br)cc1CN[C@@H](C)CCc1ccccc1. The molecule has 0 aliphatic rings. The first-order chi connectivity index (χ1) is 10.2. The summed E-state index contributed by atoms with van der Waals surface area (Å²) >= 11 is 3.51. The number of nitrogens with one attached hydrogen (secondary N) is 1. The van der Waals surface area contributed by atoms with Crippen LogP contribution >= 0.6 is 15.9 Å². The number of aryl methyl sites for hydroxylation is 1. The summed E-state index contributed by atoms with van der Waals surface area (Å²) in [5, 5.41) is 3.57. The molecule has 0 spiro atoms. The molecule has 1 atom stereocenters. The first-order valence-electron chi connectivity index (χ1n) is 7.29. The Kier molecular flexibility index (Phi) is 6.27. The quantitative estimate of drug-likeness (QED) is 0.792. The van der Waals surface area contributed by atoms with Gasteiger partial charge in [0.2, 0.25) is 0 Å². The van der Waals surface area contributed by atoms with Crippen LogP contribution in [0.2, 0.25) is 0 Å². The van der Waals surface area contributed by atoms with Gasteiger partial charge < -0.3 is 10.1 Å². The molecule has 0 radical (unpaired) electrons. The van der Waals surface area contributed by atoms with Gasteiger partial charge >= 0.3 is 0 Å². The normalized spacial score (nSPS) is 12.1. The average molecular weight is 348 g/mol. The molecule has 112 valence electrons. The number of hydrogen-bond donors (Lipinski definition) is 1. The van der Waals surface area contributed by atoms with Gasteiger partial charge in [0.1, 0.15) is 5.75 Å². The van der Waals surface area contributed by atoms with Crippen LogP contribution in [-0.2, 0) is 13.0 Å². The molecular formula is C18H22BrNO. The van der Waals surface area contributed by atoms with E-state index in [4.69, 9.17) is 4.74 Å². The second kappa shape index (κ2) is 8.20. The standard InChI is InChI=1S/C18H22BrNO/c1-14(8-9-15-6-4-3-5-7-15)20-13-16-12-17(19)10-11-18(16)21-2/h3-7,10-12,14,20H,8-9,13H2,1-2H3/t14-/m0/s1. The maximum Gasteiger partial charge on any atom is 0.123 e. The van der Waals surface area contributed by atoms with Crippen LogP contribution in [0, 0.1) is 0 Å². The molecule has 2 nitrogen and oxygen atoms in total. The molecular weight excluding hydrogens is 326 g/mol. The highest BCUT2D eigenvalue weighted by Gasteiger charge is 2.06. The molecule has 1 N–H and O–H groups in total. The largest absolute Gasteiger partial charge is 0.496 e. The Hall–Kier alpha value is -1.32. The smallest absolute Gasteiger partial charge is 0.123 e. The number of ether oxygens (including phenoxy) is 1. The molecule has 0 saturated carbocycles. The number of halogens is 1. The van der Waals surface area contributed by atoms with Crippen LogP contribution in [0.3, 0.4) is 0 Å². The number of rotatable bonds is 7. The summed E-state index contributed by atoms with van der Waals surface area (Å²) in [6, 6.07) is 17.2. The Morgan fingerprint density at radius 3 is 2.62 bits per heavy atom. The van der Waals surface area contributed by atoms with Gasteiger partial charge in [0.15, 0.2) is 0 Å². The molecule has 2 aromatic rings. The van der Waals surface area contributed by atoms with Crippen molar-refractivity contribution in [1.82, 2.24) is 5.32 Å². The van der Waals surface area contributed by atoms with E-state index in [9.17, 15) is 0 Å². The molecule has 3 heteroatoms. The van der Waals surface area contributed by atoms with Crippen molar-refractivity contribution in [3.05, 3.63) is 64.1 Å². The van der Waals surface area contributed by atoms with E-state index in [1.165, 1.54) is 11.1 Å². The number of hydrogen-bond acceptors (Lipinski definition) is 2. The maximum atomic E-state index is 5.40. The Balaban J connectivity index is 1.84. The van der Waals surface area contributed by atoms with Gasteiger partial charge in [0.05, 0.1) is 7.11 Å². The second-order valence-electron chi connectivity index (χ2n) is 5.26. The van der Waals surface area contributed by atoms with Crippen LogP contribution in [0.1, 0.15) is 24.5 Å².